The Bertz CT molecular complexity index is 1200. The maximum Gasteiger partial charge on any atom is 0.319 e. The monoisotopic (exact) mass is 497 g/mol. The van der Waals surface area contributed by atoms with Crippen molar-refractivity contribution in [3.63, 3.8) is 0 Å². The van der Waals surface area contributed by atoms with E-state index < -0.39 is 23.7 Å². The van der Waals surface area contributed by atoms with E-state index in [9.17, 15) is 24.4 Å². The number of nitriles is 1. The average molecular weight is 498 g/mol. The van der Waals surface area contributed by atoms with Gasteiger partial charge in [0.15, 0.2) is 5.78 Å². The molecule has 0 saturated carbocycles. The van der Waals surface area contributed by atoms with Crippen molar-refractivity contribution in [3.05, 3.63) is 75.3 Å². The molecule has 8 nitrogen and oxygen atoms in total. The van der Waals surface area contributed by atoms with E-state index in [0.29, 0.717) is 21.8 Å². The van der Waals surface area contributed by atoms with Crippen molar-refractivity contribution in [1.29, 1.82) is 5.26 Å². The van der Waals surface area contributed by atoms with Crippen LogP contribution in [-0.4, -0.2) is 36.4 Å². The molecule has 0 fully saturated rings. The number of methoxy groups -OCH3 is 1. The summed E-state index contributed by atoms with van der Waals surface area (Å²) in [5.74, 6) is -4.14. The number of hydrogen-bond donors (Lipinski definition) is 2. The number of carbonyl (C=O) groups is 4. The highest BCUT2D eigenvalue weighted by Crippen LogP contribution is 2.40. The number of carbonyl (C=O) groups excluding carboxylic acids is 4. The number of thioether (sulfide) groups is 1. The molecule has 1 aliphatic rings. The van der Waals surface area contributed by atoms with E-state index in [1.165, 1.54) is 14.0 Å². The fraction of sp³-hybridized carbons (Fsp3) is 0.208. The number of halogens is 1. The maximum atomic E-state index is 12.8. The molecule has 0 aliphatic carbocycles. The Labute approximate surface area is 205 Å². The van der Waals surface area contributed by atoms with Gasteiger partial charge in [0.25, 0.3) is 0 Å². The third-order valence-corrected chi connectivity index (χ3v) is 6.40. The van der Waals surface area contributed by atoms with Crippen molar-refractivity contribution < 1.29 is 23.9 Å². The zero-order valence-electron chi connectivity index (χ0n) is 18.3. The van der Waals surface area contributed by atoms with Crippen LogP contribution in [0.3, 0.4) is 0 Å². The van der Waals surface area contributed by atoms with Crippen LogP contribution >= 0.6 is 23.4 Å². The summed E-state index contributed by atoms with van der Waals surface area (Å²) in [6, 6.07) is 15.0. The molecule has 10 heteroatoms. The molecule has 34 heavy (non-hydrogen) atoms. The average Bonchev–Trinajstić information content (AvgIpc) is 2.82. The van der Waals surface area contributed by atoms with Crippen molar-refractivity contribution in [1.82, 2.24) is 5.32 Å². The predicted octanol–water partition coefficient (Wildman–Crippen LogP) is 3.65. The van der Waals surface area contributed by atoms with Crippen molar-refractivity contribution in [3.8, 4) is 6.07 Å². The van der Waals surface area contributed by atoms with Gasteiger partial charge in [-0.15, -0.1) is 0 Å². The Morgan fingerprint density at radius 1 is 1.15 bits per heavy atom. The van der Waals surface area contributed by atoms with Crippen LogP contribution in [-0.2, 0) is 19.1 Å². The highest BCUT2D eigenvalue weighted by Gasteiger charge is 2.44. The zero-order valence-corrected chi connectivity index (χ0v) is 19.8. The molecule has 1 aliphatic heterocycles. The van der Waals surface area contributed by atoms with Gasteiger partial charge >= 0.3 is 5.97 Å². The fourth-order valence-electron chi connectivity index (χ4n) is 3.47. The van der Waals surface area contributed by atoms with Gasteiger partial charge in [0.05, 0.1) is 29.5 Å². The van der Waals surface area contributed by atoms with Gasteiger partial charge in [-0.25, -0.2) is 0 Å². The van der Waals surface area contributed by atoms with Crippen molar-refractivity contribution in [2.45, 2.75) is 12.8 Å². The SMILES string of the molecule is COC(=O)C1C(=O)NC(SCC(=O)Nc2ccc(C(C)=O)cc2)=C(C#N)C1c1ccc(Cl)cc1. The van der Waals surface area contributed by atoms with E-state index in [0.717, 1.165) is 11.8 Å². The third-order valence-electron chi connectivity index (χ3n) is 5.14. The van der Waals surface area contributed by atoms with Crippen molar-refractivity contribution in [2.24, 2.45) is 5.92 Å². The van der Waals surface area contributed by atoms with E-state index in [4.69, 9.17) is 16.3 Å². The summed E-state index contributed by atoms with van der Waals surface area (Å²) in [5.41, 5.74) is 1.71. The first-order chi connectivity index (χ1) is 16.2. The summed E-state index contributed by atoms with van der Waals surface area (Å²) in [7, 11) is 1.17. The molecule has 0 bridgehead atoms. The van der Waals surface area contributed by atoms with E-state index >= 15 is 0 Å². The molecule has 3 rings (SSSR count). The van der Waals surface area contributed by atoms with E-state index in [2.05, 4.69) is 16.7 Å². The van der Waals surface area contributed by atoms with Crippen LogP contribution in [0.25, 0.3) is 0 Å². The maximum absolute atomic E-state index is 12.8. The number of hydrogen-bond acceptors (Lipinski definition) is 7. The van der Waals surface area contributed by atoms with Gasteiger partial charge in [-0.05, 0) is 48.9 Å². The molecular formula is C24H20ClN3O5S. The molecule has 2 amide bonds. The number of rotatable bonds is 7. The molecule has 174 valence electrons. The lowest BCUT2D eigenvalue weighted by Crippen LogP contribution is -2.44. The summed E-state index contributed by atoms with van der Waals surface area (Å²) in [6.07, 6.45) is 0. The highest BCUT2D eigenvalue weighted by atomic mass is 35.5. The topological polar surface area (TPSA) is 125 Å². The smallest absolute Gasteiger partial charge is 0.319 e. The lowest BCUT2D eigenvalue weighted by Gasteiger charge is -2.30. The fourth-order valence-corrected chi connectivity index (χ4v) is 4.45. The van der Waals surface area contributed by atoms with E-state index in [1.54, 1.807) is 48.5 Å². The largest absolute Gasteiger partial charge is 0.468 e. The standard InChI is InChI=1S/C24H20ClN3O5S/c1-13(29)14-5-9-17(10-6-14)27-19(30)12-34-23-18(11-26)20(15-3-7-16(25)8-4-15)21(22(31)28-23)24(32)33-2/h3-10,20-21H,12H2,1-2H3,(H,27,30)(H,28,31). The second-order valence-corrected chi connectivity index (χ2v) is 8.77. The van der Waals surface area contributed by atoms with Crippen LogP contribution in [0.5, 0.6) is 0 Å². The van der Waals surface area contributed by atoms with Crippen LogP contribution in [0.4, 0.5) is 5.69 Å². The molecule has 0 radical (unpaired) electrons. The van der Waals surface area contributed by atoms with Crippen LogP contribution in [0.2, 0.25) is 5.02 Å². The summed E-state index contributed by atoms with van der Waals surface area (Å²) in [4.78, 5) is 49.0. The van der Waals surface area contributed by atoms with Crippen molar-refractivity contribution >= 4 is 52.6 Å². The quantitative estimate of drug-likeness (QED) is 0.339. The molecule has 0 saturated heterocycles. The second-order valence-electron chi connectivity index (χ2n) is 7.34. The number of nitrogens with zero attached hydrogens (tertiary/aromatic N) is 1. The number of allylic oxidation sites excluding steroid dienone is 1. The summed E-state index contributed by atoms with van der Waals surface area (Å²) in [5, 5.41) is 15.8. The number of anilines is 1. The van der Waals surface area contributed by atoms with E-state index in [-0.39, 0.29) is 28.0 Å². The minimum Gasteiger partial charge on any atom is -0.468 e. The van der Waals surface area contributed by atoms with Gasteiger partial charge in [0, 0.05) is 22.2 Å². The molecule has 1 heterocycles. The molecule has 0 aromatic heterocycles. The Balaban J connectivity index is 1.83. The number of ether oxygens (including phenoxy) is 1. The second kappa shape index (κ2) is 11.0. The van der Waals surface area contributed by atoms with Gasteiger partial charge in [-0.2, -0.15) is 5.26 Å². The van der Waals surface area contributed by atoms with Crippen LogP contribution in [0, 0.1) is 17.2 Å². The molecule has 2 aromatic carbocycles. The minimum absolute atomic E-state index is 0.0852. The lowest BCUT2D eigenvalue weighted by molar-refractivity contribution is -0.150. The number of benzene rings is 2. The first-order valence-corrected chi connectivity index (χ1v) is 11.4. The third kappa shape index (κ3) is 5.65. The minimum atomic E-state index is -1.27. The van der Waals surface area contributed by atoms with E-state index in [1.807, 2.05) is 0 Å². The highest BCUT2D eigenvalue weighted by molar-refractivity contribution is 8.03. The Kier molecular flexibility index (Phi) is 8.10. The number of ketones is 1. The lowest BCUT2D eigenvalue weighted by atomic mass is 9.78. The number of nitrogens with one attached hydrogen (secondary N) is 2. The Hall–Kier alpha value is -3.61. The molecule has 2 aromatic rings. The molecule has 2 unspecified atom stereocenters. The van der Waals surface area contributed by atoms with Gasteiger partial charge < -0.3 is 15.4 Å². The van der Waals surface area contributed by atoms with Gasteiger partial charge in [0.1, 0.15) is 5.92 Å². The predicted molar refractivity (Wildman–Crippen MR) is 128 cm³/mol. The Morgan fingerprint density at radius 2 is 1.79 bits per heavy atom. The number of esters is 1. The summed E-state index contributed by atoms with van der Waals surface area (Å²) in [6.45, 7) is 1.45. The van der Waals surface area contributed by atoms with Gasteiger partial charge in [0.2, 0.25) is 11.8 Å². The first kappa shape index (κ1) is 25.0. The zero-order chi connectivity index (χ0) is 24.8. The molecular weight excluding hydrogens is 478 g/mol. The molecule has 2 atom stereocenters. The first-order valence-electron chi connectivity index (χ1n) is 10.1. The van der Waals surface area contributed by atoms with Gasteiger partial charge in [-0.3, -0.25) is 19.2 Å². The van der Waals surface area contributed by atoms with Gasteiger partial charge in [-0.1, -0.05) is 35.5 Å². The summed E-state index contributed by atoms with van der Waals surface area (Å²) < 4.78 is 4.80. The number of Topliss-reactive ketones (excluding diaryl/α,β-unsaturated/α-hetero) is 1. The normalized spacial score (nSPS) is 17.4. The van der Waals surface area contributed by atoms with Crippen molar-refractivity contribution in [2.75, 3.05) is 18.2 Å². The Morgan fingerprint density at radius 3 is 2.35 bits per heavy atom. The molecule has 2 N–H and O–H groups in total. The molecule has 0 spiro atoms. The summed E-state index contributed by atoms with van der Waals surface area (Å²) >= 11 is 6.94. The number of amides is 2. The van der Waals surface area contributed by atoms with Crippen LogP contribution in [0.1, 0.15) is 28.8 Å². The van der Waals surface area contributed by atoms with Crippen LogP contribution < -0.4 is 10.6 Å². The van der Waals surface area contributed by atoms with Crippen LogP contribution in [0.15, 0.2) is 59.1 Å².